The van der Waals surface area contributed by atoms with Crippen molar-refractivity contribution < 1.29 is 9.47 Å². The number of nitrogens with two attached hydrogens (primary N) is 1. The number of hydrogen-bond donors (Lipinski definition) is 1. The normalized spacial score (nSPS) is 17.1. The molecule has 0 saturated heterocycles. The van der Waals surface area contributed by atoms with Gasteiger partial charge in [-0.15, -0.1) is 0 Å². The number of hydrogen-bond acceptors (Lipinski definition) is 3. The molecular formula is C15H21NO2. The van der Waals surface area contributed by atoms with Crippen LogP contribution in [0.25, 0.3) is 0 Å². The molecule has 0 saturated carbocycles. The molecule has 0 atom stereocenters. The summed E-state index contributed by atoms with van der Waals surface area (Å²) in [7, 11) is 0. The van der Waals surface area contributed by atoms with Crippen LogP contribution in [0.1, 0.15) is 37.0 Å². The van der Waals surface area contributed by atoms with Crippen LogP contribution in [0.5, 0.6) is 11.5 Å². The quantitative estimate of drug-likeness (QED) is 0.890. The van der Waals surface area contributed by atoms with Gasteiger partial charge in [0.15, 0.2) is 0 Å². The van der Waals surface area contributed by atoms with E-state index < -0.39 is 0 Å². The van der Waals surface area contributed by atoms with Crippen LogP contribution in [0.4, 0.5) is 0 Å². The first kappa shape index (κ1) is 11.8. The topological polar surface area (TPSA) is 44.5 Å². The average molecular weight is 247 g/mol. The Morgan fingerprint density at radius 1 is 1.22 bits per heavy atom. The van der Waals surface area contributed by atoms with Crippen molar-refractivity contribution in [2.75, 3.05) is 13.2 Å². The lowest BCUT2D eigenvalue weighted by atomic mass is 9.91. The van der Waals surface area contributed by atoms with Crippen LogP contribution in [0, 0.1) is 0 Å². The molecule has 3 nitrogen and oxygen atoms in total. The molecule has 0 spiro atoms. The van der Waals surface area contributed by atoms with Crippen LogP contribution in [-0.2, 0) is 19.3 Å². The highest BCUT2D eigenvalue weighted by Gasteiger charge is 2.27. The summed E-state index contributed by atoms with van der Waals surface area (Å²) in [4.78, 5) is 0. The number of ether oxygens (including phenoxy) is 2. The van der Waals surface area contributed by atoms with E-state index in [4.69, 9.17) is 15.2 Å². The maximum Gasteiger partial charge on any atom is 0.126 e. The fourth-order valence-corrected chi connectivity index (χ4v) is 2.80. The third-order valence-corrected chi connectivity index (χ3v) is 3.78. The van der Waals surface area contributed by atoms with Crippen LogP contribution in [0.2, 0.25) is 0 Å². The van der Waals surface area contributed by atoms with Gasteiger partial charge in [0.2, 0.25) is 0 Å². The smallest absolute Gasteiger partial charge is 0.126 e. The second kappa shape index (κ2) is 4.16. The van der Waals surface area contributed by atoms with Gasteiger partial charge in [0.1, 0.15) is 11.5 Å². The Bertz CT molecular complexity index is 442. The Labute approximate surface area is 108 Å². The molecule has 3 rings (SSSR count). The van der Waals surface area contributed by atoms with Crippen molar-refractivity contribution in [3.8, 4) is 11.5 Å². The van der Waals surface area contributed by atoms with Crippen LogP contribution in [0.15, 0.2) is 6.07 Å². The molecule has 0 aliphatic carbocycles. The SMILES string of the molecule is CC(C)(N)CCc1c2c(cc3c1OCC3)OCC2. The summed E-state index contributed by atoms with van der Waals surface area (Å²) in [5.41, 5.74) is 9.97. The molecule has 98 valence electrons. The third kappa shape index (κ3) is 2.07. The van der Waals surface area contributed by atoms with E-state index in [1.165, 1.54) is 16.7 Å². The zero-order valence-corrected chi connectivity index (χ0v) is 11.2. The van der Waals surface area contributed by atoms with E-state index >= 15 is 0 Å². The van der Waals surface area contributed by atoms with Crippen molar-refractivity contribution in [3.63, 3.8) is 0 Å². The minimum atomic E-state index is -0.131. The van der Waals surface area contributed by atoms with Gasteiger partial charge in [-0.25, -0.2) is 0 Å². The summed E-state index contributed by atoms with van der Waals surface area (Å²) >= 11 is 0. The van der Waals surface area contributed by atoms with E-state index in [-0.39, 0.29) is 5.54 Å². The van der Waals surface area contributed by atoms with Gasteiger partial charge in [-0.1, -0.05) is 0 Å². The first-order valence-corrected chi connectivity index (χ1v) is 6.77. The summed E-state index contributed by atoms with van der Waals surface area (Å²) < 4.78 is 11.5. The first-order chi connectivity index (χ1) is 8.54. The Kier molecular flexibility index (Phi) is 2.74. The molecule has 0 unspecified atom stereocenters. The minimum Gasteiger partial charge on any atom is -0.493 e. The molecule has 2 aliphatic heterocycles. The first-order valence-electron chi connectivity index (χ1n) is 6.77. The van der Waals surface area contributed by atoms with Crippen LogP contribution < -0.4 is 15.2 Å². The molecule has 0 amide bonds. The fourth-order valence-electron chi connectivity index (χ4n) is 2.80. The standard InChI is InChI=1S/C15H21NO2/c1-15(2,16)6-3-12-11-5-8-17-13(11)9-10-4-7-18-14(10)12/h9H,3-8,16H2,1-2H3. The number of fused-ring (bicyclic) bond motifs is 2. The number of rotatable bonds is 3. The van der Waals surface area contributed by atoms with Gasteiger partial charge < -0.3 is 15.2 Å². The molecule has 2 N–H and O–H groups in total. The molecule has 1 aromatic carbocycles. The third-order valence-electron chi connectivity index (χ3n) is 3.78. The van der Waals surface area contributed by atoms with E-state index in [0.29, 0.717) is 0 Å². The van der Waals surface area contributed by atoms with Gasteiger partial charge in [-0.2, -0.15) is 0 Å². The highest BCUT2D eigenvalue weighted by atomic mass is 16.5. The zero-order chi connectivity index (χ0) is 12.8. The lowest BCUT2D eigenvalue weighted by molar-refractivity contribution is 0.351. The zero-order valence-electron chi connectivity index (χ0n) is 11.2. The van der Waals surface area contributed by atoms with E-state index in [0.717, 1.165) is 50.4 Å². The highest BCUT2D eigenvalue weighted by Crippen LogP contribution is 2.41. The summed E-state index contributed by atoms with van der Waals surface area (Å²) in [6.07, 6.45) is 3.97. The van der Waals surface area contributed by atoms with Gasteiger partial charge in [0.25, 0.3) is 0 Å². The van der Waals surface area contributed by atoms with E-state index in [2.05, 4.69) is 19.9 Å². The van der Waals surface area contributed by atoms with Crippen molar-refractivity contribution in [2.45, 2.75) is 45.1 Å². The van der Waals surface area contributed by atoms with Gasteiger partial charge in [-0.05, 0) is 32.8 Å². The van der Waals surface area contributed by atoms with Crippen LogP contribution in [-0.4, -0.2) is 18.8 Å². The molecular weight excluding hydrogens is 226 g/mol. The average Bonchev–Trinajstić information content (AvgIpc) is 2.89. The summed E-state index contributed by atoms with van der Waals surface area (Å²) in [6, 6.07) is 2.17. The molecule has 1 aromatic rings. The van der Waals surface area contributed by atoms with Crippen LogP contribution >= 0.6 is 0 Å². The monoisotopic (exact) mass is 247 g/mol. The second-order valence-electron chi connectivity index (χ2n) is 6.01. The van der Waals surface area contributed by atoms with Crippen molar-refractivity contribution in [1.82, 2.24) is 0 Å². The van der Waals surface area contributed by atoms with E-state index in [9.17, 15) is 0 Å². The number of benzene rings is 1. The summed E-state index contributed by atoms with van der Waals surface area (Å²) in [5, 5.41) is 0. The predicted octanol–water partition coefficient (Wildman–Crippen LogP) is 2.23. The molecule has 2 aliphatic rings. The van der Waals surface area contributed by atoms with Gasteiger partial charge in [0, 0.05) is 35.1 Å². The summed E-state index contributed by atoms with van der Waals surface area (Å²) in [6.45, 7) is 5.76. The predicted molar refractivity (Wildman–Crippen MR) is 71.4 cm³/mol. The van der Waals surface area contributed by atoms with Crippen molar-refractivity contribution in [1.29, 1.82) is 0 Å². The Hall–Kier alpha value is -1.22. The molecule has 0 aromatic heterocycles. The summed E-state index contributed by atoms with van der Waals surface area (Å²) in [5.74, 6) is 2.19. The Balaban J connectivity index is 1.97. The van der Waals surface area contributed by atoms with Crippen molar-refractivity contribution in [2.24, 2.45) is 5.73 Å². The minimum absolute atomic E-state index is 0.131. The Morgan fingerprint density at radius 3 is 2.78 bits per heavy atom. The lowest BCUT2D eigenvalue weighted by Crippen LogP contribution is -2.32. The highest BCUT2D eigenvalue weighted by molar-refractivity contribution is 5.56. The van der Waals surface area contributed by atoms with E-state index in [1.54, 1.807) is 0 Å². The molecule has 0 fully saturated rings. The Morgan fingerprint density at radius 2 is 2.00 bits per heavy atom. The fraction of sp³-hybridized carbons (Fsp3) is 0.600. The molecule has 0 bridgehead atoms. The molecule has 3 heteroatoms. The van der Waals surface area contributed by atoms with E-state index in [1.807, 2.05) is 0 Å². The van der Waals surface area contributed by atoms with Crippen LogP contribution in [0.3, 0.4) is 0 Å². The van der Waals surface area contributed by atoms with Crippen molar-refractivity contribution >= 4 is 0 Å². The maximum absolute atomic E-state index is 6.10. The lowest BCUT2D eigenvalue weighted by Gasteiger charge is -2.20. The maximum atomic E-state index is 6.10. The molecule has 2 heterocycles. The van der Waals surface area contributed by atoms with Crippen molar-refractivity contribution in [3.05, 3.63) is 22.8 Å². The largest absolute Gasteiger partial charge is 0.493 e. The second-order valence-corrected chi connectivity index (χ2v) is 6.01. The van der Waals surface area contributed by atoms with Gasteiger partial charge in [-0.3, -0.25) is 0 Å². The molecule has 0 radical (unpaired) electrons. The van der Waals surface area contributed by atoms with Gasteiger partial charge in [0.05, 0.1) is 13.2 Å². The molecule has 18 heavy (non-hydrogen) atoms. The van der Waals surface area contributed by atoms with Gasteiger partial charge >= 0.3 is 0 Å².